The highest BCUT2D eigenvalue weighted by atomic mass is 16.4. The fraction of sp³-hybridized carbons (Fsp3) is 0.500. The Hall–Kier alpha value is -2.58. The van der Waals surface area contributed by atoms with E-state index in [0.717, 1.165) is 0 Å². The molecular formula is C12H19N5O4. The van der Waals surface area contributed by atoms with Crippen molar-refractivity contribution < 1.29 is 19.5 Å². The monoisotopic (exact) mass is 297 g/mol. The number of nitrogens with zero attached hydrogens (tertiary/aromatic N) is 2. The van der Waals surface area contributed by atoms with Gasteiger partial charge in [-0.05, 0) is 12.8 Å². The lowest BCUT2D eigenvalue weighted by atomic mass is 10.1. The van der Waals surface area contributed by atoms with E-state index >= 15 is 0 Å². The second-order valence-corrected chi connectivity index (χ2v) is 4.51. The Labute approximate surface area is 121 Å². The number of aliphatic carboxylic acids is 1. The number of urea groups is 1. The average molecular weight is 297 g/mol. The van der Waals surface area contributed by atoms with Gasteiger partial charge in [-0.25, -0.2) is 9.59 Å². The highest BCUT2D eigenvalue weighted by molar-refractivity contribution is 5.92. The Bertz CT molecular complexity index is 540. The number of amides is 3. The lowest BCUT2D eigenvalue weighted by Gasteiger charge is -2.14. The van der Waals surface area contributed by atoms with Gasteiger partial charge in [0.2, 0.25) is 5.91 Å². The van der Waals surface area contributed by atoms with Gasteiger partial charge in [0.05, 0.1) is 11.4 Å². The summed E-state index contributed by atoms with van der Waals surface area (Å²) in [5, 5.41) is 18.0. The highest BCUT2D eigenvalue weighted by Gasteiger charge is 2.21. The van der Waals surface area contributed by atoms with Crippen molar-refractivity contribution in [3.05, 3.63) is 11.9 Å². The molecule has 0 bridgehead atoms. The molecule has 0 unspecified atom stereocenters. The van der Waals surface area contributed by atoms with Gasteiger partial charge in [0.1, 0.15) is 6.04 Å². The summed E-state index contributed by atoms with van der Waals surface area (Å²) in [5.74, 6) is -1.85. The molecule has 1 heterocycles. The standard InChI is InChI=1S/C12H19N5O4/c1-3-7-9(6-17(2)16-7)15-12(21)14-8(11(19)20)4-5-10(13)18/h6,8H,3-5H2,1-2H3,(H2,13,18)(H,19,20)(H2,14,15,21)/t8-/m0/s1. The number of nitrogens with one attached hydrogen (secondary N) is 2. The molecule has 0 aliphatic carbocycles. The number of aryl methyl sites for hydroxylation is 2. The fourth-order valence-corrected chi connectivity index (χ4v) is 1.76. The minimum atomic E-state index is -1.23. The van der Waals surface area contributed by atoms with Crippen LogP contribution in [0.1, 0.15) is 25.5 Å². The molecule has 9 heteroatoms. The smallest absolute Gasteiger partial charge is 0.326 e. The summed E-state index contributed by atoms with van der Waals surface area (Å²) < 4.78 is 1.55. The summed E-state index contributed by atoms with van der Waals surface area (Å²) in [7, 11) is 1.72. The first-order valence-corrected chi connectivity index (χ1v) is 6.44. The van der Waals surface area contributed by atoms with Gasteiger partial charge in [0, 0.05) is 19.7 Å². The third-order valence-corrected chi connectivity index (χ3v) is 2.77. The van der Waals surface area contributed by atoms with Gasteiger partial charge in [0.15, 0.2) is 0 Å². The first-order chi connectivity index (χ1) is 9.83. The van der Waals surface area contributed by atoms with E-state index in [1.54, 1.807) is 17.9 Å². The van der Waals surface area contributed by atoms with Crippen LogP contribution in [0.3, 0.4) is 0 Å². The van der Waals surface area contributed by atoms with Crippen molar-refractivity contribution in [2.45, 2.75) is 32.2 Å². The maximum Gasteiger partial charge on any atom is 0.326 e. The molecule has 9 nitrogen and oxygen atoms in total. The fourth-order valence-electron chi connectivity index (χ4n) is 1.76. The van der Waals surface area contributed by atoms with E-state index in [-0.39, 0.29) is 12.8 Å². The first kappa shape index (κ1) is 16.5. The largest absolute Gasteiger partial charge is 0.480 e. The number of carbonyl (C=O) groups is 3. The molecule has 3 amide bonds. The zero-order valence-corrected chi connectivity index (χ0v) is 11.9. The van der Waals surface area contributed by atoms with Gasteiger partial charge in [-0.15, -0.1) is 0 Å². The van der Waals surface area contributed by atoms with Crippen LogP contribution < -0.4 is 16.4 Å². The van der Waals surface area contributed by atoms with Gasteiger partial charge >= 0.3 is 12.0 Å². The van der Waals surface area contributed by atoms with E-state index in [1.807, 2.05) is 6.92 Å². The summed E-state index contributed by atoms with van der Waals surface area (Å²) in [6, 6.07) is -1.85. The number of aromatic nitrogens is 2. The number of carbonyl (C=O) groups excluding carboxylic acids is 2. The van der Waals surface area contributed by atoms with E-state index in [0.29, 0.717) is 17.8 Å². The topological polar surface area (TPSA) is 139 Å². The van der Waals surface area contributed by atoms with Crippen molar-refractivity contribution >= 4 is 23.6 Å². The Morgan fingerprint density at radius 1 is 1.48 bits per heavy atom. The van der Waals surface area contributed by atoms with Gasteiger partial charge in [-0.2, -0.15) is 5.10 Å². The number of nitrogens with two attached hydrogens (primary N) is 1. The van der Waals surface area contributed by atoms with Crippen molar-refractivity contribution in [2.75, 3.05) is 5.32 Å². The number of hydrogen-bond donors (Lipinski definition) is 4. The van der Waals surface area contributed by atoms with Crippen molar-refractivity contribution in [3.63, 3.8) is 0 Å². The summed E-state index contributed by atoms with van der Waals surface area (Å²) in [4.78, 5) is 33.5. The van der Waals surface area contributed by atoms with Crippen LogP contribution in [0.4, 0.5) is 10.5 Å². The number of hydrogen-bond acceptors (Lipinski definition) is 4. The van der Waals surface area contributed by atoms with Gasteiger partial charge in [-0.1, -0.05) is 6.92 Å². The van der Waals surface area contributed by atoms with Crippen molar-refractivity contribution in [2.24, 2.45) is 12.8 Å². The molecule has 1 rings (SSSR count). The van der Waals surface area contributed by atoms with Crippen LogP contribution in [0, 0.1) is 0 Å². The predicted octanol–water partition coefficient (Wildman–Crippen LogP) is -0.177. The van der Waals surface area contributed by atoms with E-state index < -0.39 is 23.9 Å². The highest BCUT2D eigenvalue weighted by Crippen LogP contribution is 2.13. The molecule has 0 fully saturated rings. The molecule has 116 valence electrons. The normalized spacial score (nSPS) is 11.7. The molecule has 0 saturated carbocycles. The van der Waals surface area contributed by atoms with E-state index in [1.165, 1.54) is 0 Å². The molecule has 0 radical (unpaired) electrons. The summed E-state index contributed by atoms with van der Waals surface area (Å²) >= 11 is 0. The molecule has 0 spiro atoms. The molecular weight excluding hydrogens is 278 g/mol. The minimum absolute atomic E-state index is 0.0637. The Balaban J connectivity index is 2.65. The second-order valence-electron chi connectivity index (χ2n) is 4.51. The lowest BCUT2D eigenvalue weighted by molar-refractivity contribution is -0.139. The Kier molecular flexibility index (Phi) is 5.70. The first-order valence-electron chi connectivity index (χ1n) is 6.44. The van der Waals surface area contributed by atoms with E-state index in [2.05, 4.69) is 15.7 Å². The number of anilines is 1. The minimum Gasteiger partial charge on any atom is -0.480 e. The zero-order chi connectivity index (χ0) is 16.0. The molecule has 0 aliphatic rings. The van der Waals surface area contributed by atoms with Gasteiger partial charge in [0.25, 0.3) is 0 Å². The third-order valence-electron chi connectivity index (χ3n) is 2.77. The number of carboxylic acid groups (broad SMARTS) is 1. The number of carboxylic acids is 1. The van der Waals surface area contributed by atoms with Crippen LogP contribution in [0.2, 0.25) is 0 Å². The second kappa shape index (κ2) is 7.27. The van der Waals surface area contributed by atoms with Crippen LogP contribution >= 0.6 is 0 Å². The van der Waals surface area contributed by atoms with Crippen molar-refractivity contribution in [1.29, 1.82) is 0 Å². The molecule has 0 aromatic carbocycles. The predicted molar refractivity (Wildman–Crippen MR) is 74.6 cm³/mol. The maximum absolute atomic E-state index is 11.8. The molecule has 5 N–H and O–H groups in total. The summed E-state index contributed by atoms with van der Waals surface area (Å²) in [5.41, 5.74) is 6.17. The average Bonchev–Trinajstić information content (AvgIpc) is 2.73. The Morgan fingerprint density at radius 2 is 2.14 bits per heavy atom. The molecule has 1 aromatic rings. The van der Waals surface area contributed by atoms with Gasteiger partial charge < -0.3 is 21.5 Å². The van der Waals surface area contributed by atoms with E-state index in [9.17, 15) is 14.4 Å². The zero-order valence-electron chi connectivity index (χ0n) is 11.9. The Morgan fingerprint density at radius 3 is 2.67 bits per heavy atom. The van der Waals surface area contributed by atoms with Crippen LogP contribution in [0.15, 0.2) is 6.20 Å². The molecule has 1 aromatic heterocycles. The van der Waals surface area contributed by atoms with E-state index in [4.69, 9.17) is 10.8 Å². The van der Waals surface area contributed by atoms with Crippen LogP contribution in [0.25, 0.3) is 0 Å². The van der Waals surface area contributed by atoms with Crippen molar-refractivity contribution in [1.82, 2.24) is 15.1 Å². The quantitative estimate of drug-likeness (QED) is 0.553. The van der Waals surface area contributed by atoms with Crippen LogP contribution in [0.5, 0.6) is 0 Å². The maximum atomic E-state index is 11.8. The molecule has 21 heavy (non-hydrogen) atoms. The SMILES string of the molecule is CCc1nn(C)cc1NC(=O)N[C@@H](CCC(N)=O)C(=O)O. The van der Waals surface area contributed by atoms with Gasteiger partial charge in [-0.3, -0.25) is 9.48 Å². The number of rotatable bonds is 7. The number of primary amides is 1. The van der Waals surface area contributed by atoms with Crippen LogP contribution in [-0.2, 0) is 23.1 Å². The lowest BCUT2D eigenvalue weighted by Crippen LogP contribution is -2.43. The summed E-state index contributed by atoms with van der Waals surface area (Å²) in [6.07, 6.45) is 2.06. The molecule has 0 saturated heterocycles. The molecule has 1 atom stereocenters. The summed E-state index contributed by atoms with van der Waals surface area (Å²) in [6.45, 7) is 1.89. The van der Waals surface area contributed by atoms with Crippen molar-refractivity contribution in [3.8, 4) is 0 Å². The third kappa shape index (κ3) is 5.13. The molecule has 0 aliphatic heterocycles. The van der Waals surface area contributed by atoms with Crippen LogP contribution in [-0.4, -0.2) is 38.8 Å².